The van der Waals surface area contributed by atoms with Gasteiger partial charge in [0.25, 0.3) is 0 Å². The fraction of sp³-hybridized carbons (Fsp3) is 0.967. The lowest BCUT2D eigenvalue weighted by molar-refractivity contribution is -0.122. The third kappa shape index (κ3) is 22.1. The molecule has 10 atom stereocenters. The van der Waals surface area contributed by atoms with Crippen LogP contribution in [0.4, 0.5) is 9.59 Å². The minimum Gasteiger partial charge on any atom is -0.447 e. The van der Waals surface area contributed by atoms with Crippen LogP contribution < -0.4 is 10.6 Å². The summed E-state index contributed by atoms with van der Waals surface area (Å²) in [6.45, 7) is 50.2. The summed E-state index contributed by atoms with van der Waals surface area (Å²) < 4.78 is 50.9. The van der Waals surface area contributed by atoms with Gasteiger partial charge in [-0.15, -0.1) is 0 Å². The van der Waals surface area contributed by atoms with Crippen LogP contribution >= 0.6 is 0 Å². The molecule has 20 nitrogen and oxygen atoms in total. The molecule has 6 heterocycles. The maximum atomic E-state index is 11.9. The van der Waals surface area contributed by atoms with Crippen LogP contribution in [0.5, 0.6) is 0 Å². The zero-order valence-corrected chi connectivity index (χ0v) is 56.7. The number of aliphatic hydroxyl groups is 1. The van der Waals surface area contributed by atoms with E-state index in [0.29, 0.717) is 42.7 Å². The highest BCUT2D eigenvalue weighted by molar-refractivity contribution is 5.97. The largest absolute Gasteiger partial charge is 0.447 e. The zero-order chi connectivity index (χ0) is 60.5. The fourth-order valence-electron chi connectivity index (χ4n) is 10.6. The van der Waals surface area contributed by atoms with Gasteiger partial charge in [-0.1, -0.05) is 105 Å². The first-order chi connectivity index (χ1) is 36.5. The Morgan fingerprint density at radius 3 is 1.16 bits per heavy atom. The Balaban J connectivity index is 0.00000107. The van der Waals surface area contributed by atoms with Crippen molar-refractivity contribution in [1.29, 1.82) is 0 Å². The molecule has 6 saturated heterocycles. The molecular formula is C60H128N8O12Si. The van der Waals surface area contributed by atoms with E-state index in [-0.39, 0.29) is 100 Å². The van der Waals surface area contributed by atoms with Crippen molar-refractivity contribution in [2.24, 2.45) is 35.5 Å². The number of hydrogen-bond acceptors (Lipinski definition) is 18. The molecule has 10 unspecified atom stereocenters. The molecule has 0 bridgehead atoms. The molecule has 0 aliphatic carbocycles. The third-order valence-corrected chi connectivity index (χ3v) is 18.7. The van der Waals surface area contributed by atoms with Gasteiger partial charge in [0.1, 0.15) is 70.3 Å². The number of rotatable bonds is 18. The molecule has 0 saturated carbocycles. The predicted molar refractivity (Wildman–Crippen MR) is 331 cm³/mol. The summed E-state index contributed by atoms with van der Waals surface area (Å²) in [7, 11) is 11.1. The second kappa shape index (κ2) is 35.1. The van der Waals surface area contributed by atoms with Crippen molar-refractivity contribution < 1.29 is 57.0 Å². The topological polar surface area (TPSA) is 181 Å². The van der Waals surface area contributed by atoms with Crippen LogP contribution in [0.25, 0.3) is 0 Å². The maximum Gasteiger partial charge on any atom is 0.408 e. The van der Waals surface area contributed by atoms with Gasteiger partial charge < -0.3 is 58.1 Å². The van der Waals surface area contributed by atoms with Crippen molar-refractivity contribution in [3.63, 3.8) is 0 Å². The summed E-state index contributed by atoms with van der Waals surface area (Å²) in [4.78, 5) is 37.2. The van der Waals surface area contributed by atoms with Gasteiger partial charge >= 0.3 is 12.2 Å². The Morgan fingerprint density at radius 2 is 0.889 bits per heavy atom. The Morgan fingerprint density at radius 1 is 0.543 bits per heavy atom. The van der Waals surface area contributed by atoms with Crippen molar-refractivity contribution in [2.75, 3.05) is 127 Å². The highest BCUT2D eigenvalue weighted by Crippen LogP contribution is 2.36. The number of nitrogens with one attached hydrogen (secondary N) is 2. The quantitative estimate of drug-likeness (QED) is 0.0903. The van der Waals surface area contributed by atoms with Gasteiger partial charge in [-0.05, 0) is 132 Å². The monoisotopic (exact) mass is 1180 g/mol. The molecule has 0 aromatic rings. The second-order valence-electron chi connectivity index (χ2n) is 25.7. The van der Waals surface area contributed by atoms with Crippen LogP contribution in [0.1, 0.15) is 159 Å². The highest BCUT2D eigenvalue weighted by atomic mass is 28.2. The molecule has 21 heteroatoms. The lowest BCUT2D eigenvalue weighted by atomic mass is 10.0. The molecule has 6 aliphatic heterocycles. The van der Waals surface area contributed by atoms with Gasteiger partial charge in [0.05, 0.1) is 45.3 Å². The molecule has 484 valence electrons. The van der Waals surface area contributed by atoms with Gasteiger partial charge in [-0.25, -0.2) is 9.59 Å². The summed E-state index contributed by atoms with van der Waals surface area (Å²) in [6.07, 6.45) is 1.03. The standard InChI is InChI=1S/C21H40N4O6.C11H23NO.C9H21NO2Si.C9H19NO2.C8H17NO.2CH4/c1-14(2)20(5)24(7)9-16(30-20)11-28-18(26)22-13-23-19(27)29-12-17-10-25(8)21(6,31-17)15(3)4;1-5-12-8-9-13-11(12,4)7-6-10(2)3;1-7(2)9(3)10(4)5-8(12-9)6-11-13;1-7(2)9(3)10(4)5-8(6-11)12-9;1-7(2)8(3)9(4)5-6-10-8;;/h14-17H,9-13H2,1-8H3,(H,22,26)(H,23,27);10H,5-9H2,1-4H3;7-8H,5-6H2,1-4,13H3;7-8,11H,5-6H2,1-4H3;7H,5-6H2,1-4H3;2*1H4. The number of likely N-dealkylation sites (N-methyl/N-ethyl adjacent to an activating group) is 6. The SMILES string of the molecule is C.C.CC(C)C1(C)OC(CO)CN1C.CC(C)C1(C)OC(COC(=O)NCNC(=O)OCC2CN(C)C(C)(C(C)C)O2)CN1C.CC(C)C1(C)OC(CO[SiH3])CN1C.CC(C)C1(C)OCCN1C.CCN1CCOC1(C)CCC(C)C. The van der Waals surface area contributed by atoms with Gasteiger partial charge in [0.2, 0.25) is 0 Å². The van der Waals surface area contributed by atoms with Crippen molar-refractivity contribution in [1.82, 2.24) is 40.0 Å². The van der Waals surface area contributed by atoms with E-state index in [4.69, 9.17) is 47.4 Å². The number of hydrogen-bond donors (Lipinski definition) is 3. The first kappa shape index (κ1) is 79.2. The maximum absolute atomic E-state index is 11.9. The molecule has 6 rings (SSSR count). The van der Waals surface area contributed by atoms with Gasteiger partial charge in [0, 0.05) is 39.3 Å². The van der Waals surface area contributed by atoms with E-state index in [0.717, 1.165) is 68.9 Å². The third-order valence-electron chi connectivity index (χ3n) is 18.3. The average Bonchev–Trinajstić information content (AvgIpc) is 4.21. The molecule has 0 spiro atoms. The van der Waals surface area contributed by atoms with E-state index >= 15 is 0 Å². The number of amides is 2. The molecule has 3 N–H and O–H groups in total. The van der Waals surface area contributed by atoms with E-state index in [1.165, 1.54) is 12.8 Å². The lowest BCUT2D eigenvalue weighted by Crippen LogP contribution is -2.44. The van der Waals surface area contributed by atoms with E-state index in [9.17, 15) is 9.59 Å². The summed E-state index contributed by atoms with van der Waals surface area (Å²) >= 11 is 0. The number of carbonyl (C=O) groups excluding carboxylic acids is 2. The van der Waals surface area contributed by atoms with Crippen LogP contribution in [-0.4, -0.2) is 243 Å². The number of ether oxygens (including phenoxy) is 8. The first-order valence-corrected chi connectivity index (χ1v) is 30.6. The Bertz CT molecular complexity index is 1730. The number of alkyl carbamates (subject to hydrolysis) is 2. The van der Waals surface area contributed by atoms with E-state index in [2.05, 4.69) is 172 Å². The van der Waals surface area contributed by atoms with Gasteiger partial charge in [0.15, 0.2) is 0 Å². The zero-order valence-electron chi connectivity index (χ0n) is 54.7. The van der Waals surface area contributed by atoms with E-state index in [1.54, 1.807) is 0 Å². The predicted octanol–water partition coefficient (Wildman–Crippen LogP) is 7.55. The van der Waals surface area contributed by atoms with Crippen molar-refractivity contribution >= 4 is 22.7 Å². The van der Waals surface area contributed by atoms with Gasteiger partial charge in [-0.2, -0.15) is 0 Å². The molecular weight excluding hydrogens is 1050 g/mol. The molecule has 0 radical (unpaired) electrons. The van der Waals surface area contributed by atoms with Crippen molar-refractivity contribution in [2.45, 2.75) is 218 Å². The van der Waals surface area contributed by atoms with Crippen LogP contribution in [-0.2, 0) is 42.3 Å². The molecule has 0 aromatic carbocycles. The normalized spacial score (nSPS) is 32.9. The molecule has 6 aliphatic rings. The van der Waals surface area contributed by atoms with Crippen LogP contribution in [0, 0.1) is 35.5 Å². The van der Waals surface area contributed by atoms with E-state index < -0.39 is 12.2 Å². The number of nitrogens with zero attached hydrogens (tertiary/aromatic N) is 6. The minimum atomic E-state index is -0.627. The lowest BCUT2D eigenvalue weighted by Gasteiger charge is -2.34. The van der Waals surface area contributed by atoms with E-state index in [1.807, 2.05) is 35.0 Å². The summed E-state index contributed by atoms with van der Waals surface area (Å²) in [5.74, 6) is 2.91. The summed E-state index contributed by atoms with van der Waals surface area (Å²) in [5.41, 5.74) is -1.04. The second-order valence-corrected chi connectivity index (χ2v) is 26.3. The molecule has 0 aromatic heterocycles. The number of aliphatic hydroxyl groups excluding tert-OH is 1. The number of carbonyl (C=O) groups is 2. The Kier molecular flexibility index (Phi) is 34.3. The fourth-order valence-corrected chi connectivity index (χ4v) is 11.0. The summed E-state index contributed by atoms with van der Waals surface area (Å²) in [5, 5.41) is 13.9. The highest BCUT2D eigenvalue weighted by Gasteiger charge is 2.47. The molecule has 81 heavy (non-hydrogen) atoms. The van der Waals surface area contributed by atoms with Gasteiger partial charge in [-0.3, -0.25) is 29.4 Å². The Labute approximate surface area is 498 Å². The van der Waals surface area contributed by atoms with Crippen molar-refractivity contribution in [3.8, 4) is 0 Å². The molecule has 6 fully saturated rings. The summed E-state index contributed by atoms with van der Waals surface area (Å²) in [6, 6.07) is 0. The van der Waals surface area contributed by atoms with Crippen LogP contribution in [0.15, 0.2) is 0 Å². The molecule has 2 amide bonds. The smallest absolute Gasteiger partial charge is 0.408 e. The Hall–Kier alpha value is -1.80. The van der Waals surface area contributed by atoms with Crippen molar-refractivity contribution in [3.05, 3.63) is 0 Å². The van der Waals surface area contributed by atoms with Crippen LogP contribution in [0.2, 0.25) is 0 Å². The van der Waals surface area contributed by atoms with Crippen LogP contribution in [0.3, 0.4) is 0 Å². The first-order valence-electron chi connectivity index (χ1n) is 29.8. The average molecular weight is 1180 g/mol. The minimum absolute atomic E-state index is 0.